The van der Waals surface area contributed by atoms with Crippen molar-refractivity contribution >= 4 is 0 Å². The first-order valence-electron chi connectivity index (χ1n) is 8.01. The summed E-state index contributed by atoms with van der Waals surface area (Å²) < 4.78 is 12.7. The second-order valence-electron chi connectivity index (χ2n) is 5.33. The van der Waals surface area contributed by atoms with E-state index in [0.717, 1.165) is 58.0 Å². The fourth-order valence-corrected chi connectivity index (χ4v) is 2.33. The van der Waals surface area contributed by atoms with E-state index in [2.05, 4.69) is 35.9 Å². The zero-order chi connectivity index (χ0) is 15.5. The summed E-state index contributed by atoms with van der Waals surface area (Å²) in [4.78, 5) is 0. The highest BCUT2D eigenvalue weighted by Gasteiger charge is 2.10. The molecule has 0 radical (unpaired) electrons. The first-order chi connectivity index (χ1) is 10.2. The van der Waals surface area contributed by atoms with E-state index < -0.39 is 0 Å². The molecule has 0 saturated heterocycles. The second kappa shape index (κ2) is 10.8. The Morgan fingerprint density at radius 2 is 1.95 bits per heavy atom. The summed E-state index contributed by atoms with van der Waals surface area (Å²) in [5.74, 6) is 0. The van der Waals surface area contributed by atoms with Gasteiger partial charge in [0.2, 0.25) is 0 Å². The molecule has 0 spiro atoms. The van der Waals surface area contributed by atoms with Crippen LogP contribution in [0, 0.1) is 13.8 Å². The van der Waals surface area contributed by atoms with Crippen molar-refractivity contribution in [3.05, 3.63) is 17.0 Å². The molecule has 1 aromatic rings. The maximum absolute atomic E-state index is 5.62. The molecule has 122 valence electrons. The quantitative estimate of drug-likeness (QED) is 0.600. The highest BCUT2D eigenvalue weighted by atomic mass is 16.5. The van der Waals surface area contributed by atoms with Crippen LogP contribution in [0.2, 0.25) is 0 Å². The zero-order valence-corrected chi connectivity index (χ0v) is 14.1. The van der Waals surface area contributed by atoms with Gasteiger partial charge in [0.25, 0.3) is 0 Å². The Balaban J connectivity index is 2.36. The third kappa shape index (κ3) is 6.59. The molecule has 0 aliphatic rings. The SMILES string of the molecule is CCCCOCCn1nc(C)c(CCNCCOC)c1C. The van der Waals surface area contributed by atoms with Gasteiger partial charge >= 0.3 is 0 Å². The van der Waals surface area contributed by atoms with Gasteiger partial charge in [0.15, 0.2) is 0 Å². The van der Waals surface area contributed by atoms with E-state index in [1.807, 2.05) is 0 Å². The second-order valence-corrected chi connectivity index (χ2v) is 5.33. The minimum Gasteiger partial charge on any atom is -0.383 e. The highest BCUT2D eigenvalue weighted by Crippen LogP contribution is 2.13. The lowest BCUT2D eigenvalue weighted by atomic mass is 10.1. The fraction of sp³-hybridized carbons (Fsp3) is 0.812. The molecule has 1 rings (SSSR count). The van der Waals surface area contributed by atoms with Crippen molar-refractivity contribution in [2.45, 2.75) is 46.6 Å². The third-order valence-corrected chi connectivity index (χ3v) is 3.66. The average molecular weight is 297 g/mol. The normalized spacial score (nSPS) is 11.2. The molecule has 5 nitrogen and oxygen atoms in total. The molecule has 0 saturated carbocycles. The van der Waals surface area contributed by atoms with Gasteiger partial charge < -0.3 is 14.8 Å². The van der Waals surface area contributed by atoms with Gasteiger partial charge in [0, 0.05) is 26.0 Å². The molecule has 0 aliphatic carbocycles. The van der Waals surface area contributed by atoms with E-state index in [-0.39, 0.29) is 0 Å². The van der Waals surface area contributed by atoms with E-state index in [9.17, 15) is 0 Å². The van der Waals surface area contributed by atoms with Gasteiger partial charge in [-0.05, 0) is 38.8 Å². The molecule has 0 unspecified atom stereocenters. The Labute approximate surface area is 129 Å². The number of aromatic nitrogens is 2. The first-order valence-corrected chi connectivity index (χ1v) is 8.01. The van der Waals surface area contributed by atoms with Crippen molar-refractivity contribution in [2.24, 2.45) is 0 Å². The monoisotopic (exact) mass is 297 g/mol. The van der Waals surface area contributed by atoms with Crippen LogP contribution in [-0.2, 0) is 22.4 Å². The van der Waals surface area contributed by atoms with Gasteiger partial charge in [-0.15, -0.1) is 0 Å². The van der Waals surface area contributed by atoms with Crippen LogP contribution < -0.4 is 5.32 Å². The number of nitrogens with one attached hydrogen (secondary N) is 1. The molecule has 0 aromatic carbocycles. The van der Waals surface area contributed by atoms with Crippen LogP contribution in [0.25, 0.3) is 0 Å². The van der Waals surface area contributed by atoms with Crippen LogP contribution in [-0.4, -0.2) is 49.8 Å². The first kappa shape index (κ1) is 18.1. The number of unbranched alkanes of at least 4 members (excludes halogenated alkanes) is 1. The molecular formula is C16H31N3O2. The number of nitrogens with zero attached hydrogens (tertiary/aromatic N) is 2. The highest BCUT2D eigenvalue weighted by molar-refractivity contribution is 5.24. The predicted octanol–water partition coefficient (Wildman–Crippen LogP) is 2.10. The minimum absolute atomic E-state index is 0.744. The maximum Gasteiger partial charge on any atom is 0.0662 e. The van der Waals surface area contributed by atoms with E-state index in [0.29, 0.717) is 0 Å². The Morgan fingerprint density at radius 1 is 1.14 bits per heavy atom. The fourth-order valence-electron chi connectivity index (χ4n) is 2.33. The van der Waals surface area contributed by atoms with Crippen LogP contribution in [0.15, 0.2) is 0 Å². The van der Waals surface area contributed by atoms with Crippen molar-refractivity contribution in [3.63, 3.8) is 0 Å². The van der Waals surface area contributed by atoms with Crippen LogP contribution in [0.3, 0.4) is 0 Å². The lowest BCUT2D eigenvalue weighted by Gasteiger charge is -2.07. The molecule has 5 heteroatoms. The molecule has 1 N–H and O–H groups in total. The summed E-state index contributed by atoms with van der Waals surface area (Å²) in [5, 5.41) is 8.01. The lowest BCUT2D eigenvalue weighted by Crippen LogP contribution is -2.22. The van der Waals surface area contributed by atoms with Crippen molar-refractivity contribution in [3.8, 4) is 0 Å². The Morgan fingerprint density at radius 3 is 2.67 bits per heavy atom. The van der Waals surface area contributed by atoms with Crippen LogP contribution in [0.4, 0.5) is 0 Å². The Kier molecular flexibility index (Phi) is 9.30. The summed E-state index contributed by atoms with van der Waals surface area (Å²) in [6.45, 7) is 11.5. The number of ether oxygens (including phenoxy) is 2. The van der Waals surface area contributed by atoms with E-state index in [1.165, 1.54) is 17.7 Å². The summed E-state index contributed by atoms with van der Waals surface area (Å²) >= 11 is 0. The van der Waals surface area contributed by atoms with E-state index >= 15 is 0 Å². The maximum atomic E-state index is 5.62. The van der Waals surface area contributed by atoms with E-state index in [1.54, 1.807) is 7.11 Å². The molecule has 0 bridgehead atoms. The molecule has 0 atom stereocenters. The molecule has 0 aliphatic heterocycles. The van der Waals surface area contributed by atoms with Crippen LogP contribution in [0.1, 0.15) is 36.7 Å². The standard InChI is InChI=1S/C16H31N3O2/c1-5-6-11-21-13-10-19-15(3)16(14(2)18-19)7-8-17-9-12-20-4/h17H,5-13H2,1-4H3. The smallest absolute Gasteiger partial charge is 0.0662 e. The molecule has 0 amide bonds. The number of hydrogen-bond acceptors (Lipinski definition) is 4. The Hall–Kier alpha value is -0.910. The summed E-state index contributed by atoms with van der Waals surface area (Å²) in [7, 11) is 1.72. The van der Waals surface area contributed by atoms with Crippen molar-refractivity contribution in [1.29, 1.82) is 0 Å². The predicted molar refractivity (Wildman–Crippen MR) is 85.9 cm³/mol. The topological polar surface area (TPSA) is 48.3 Å². The van der Waals surface area contributed by atoms with Gasteiger partial charge in [-0.2, -0.15) is 5.10 Å². The summed E-state index contributed by atoms with van der Waals surface area (Å²) in [5.41, 5.74) is 3.75. The largest absolute Gasteiger partial charge is 0.383 e. The number of rotatable bonds is 12. The number of methoxy groups -OCH3 is 1. The molecule has 21 heavy (non-hydrogen) atoms. The number of hydrogen-bond donors (Lipinski definition) is 1. The van der Waals surface area contributed by atoms with Crippen molar-refractivity contribution in [1.82, 2.24) is 15.1 Å². The van der Waals surface area contributed by atoms with Gasteiger partial charge in [-0.1, -0.05) is 13.3 Å². The summed E-state index contributed by atoms with van der Waals surface area (Å²) in [6, 6.07) is 0. The molecule has 1 heterocycles. The van der Waals surface area contributed by atoms with Crippen molar-refractivity contribution in [2.75, 3.05) is 40.0 Å². The van der Waals surface area contributed by atoms with Gasteiger partial charge in [-0.25, -0.2) is 0 Å². The molecular weight excluding hydrogens is 266 g/mol. The van der Waals surface area contributed by atoms with Gasteiger partial charge in [-0.3, -0.25) is 4.68 Å². The molecule has 0 fully saturated rings. The third-order valence-electron chi connectivity index (χ3n) is 3.66. The van der Waals surface area contributed by atoms with Gasteiger partial charge in [0.1, 0.15) is 0 Å². The van der Waals surface area contributed by atoms with E-state index in [4.69, 9.17) is 9.47 Å². The van der Waals surface area contributed by atoms with Gasteiger partial charge in [0.05, 0.1) is 25.5 Å². The van der Waals surface area contributed by atoms with Crippen molar-refractivity contribution < 1.29 is 9.47 Å². The Bertz CT molecular complexity index is 391. The zero-order valence-electron chi connectivity index (χ0n) is 14.1. The summed E-state index contributed by atoms with van der Waals surface area (Å²) in [6.07, 6.45) is 3.33. The molecule has 1 aromatic heterocycles. The van der Waals surface area contributed by atoms with Crippen LogP contribution in [0.5, 0.6) is 0 Å². The number of aryl methyl sites for hydroxylation is 1. The van der Waals surface area contributed by atoms with Crippen LogP contribution >= 0.6 is 0 Å². The minimum atomic E-state index is 0.744. The average Bonchev–Trinajstić information content (AvgIpc) is 2.74. The lowest BCUT2D eigenvalue weighted by molar-refractivity contribution is 0.120.